The molecule has 0 radical (unpaired) electrons. The molecular formula is C15H30N2O2. The Labute approximate surface area is 118 Å². The van der Waals surface area contributed by atoms with E-state index in [1.54, 1.807) is 0 Å². The number of hydrogen-bond donors (Lipinski definition) is 0. The third-order valence-corrected chi connectivity index (χ3v) is 2.55. The monoisotopic (exact) mass is 270 g/mol. The number of aryl methyl sites for hydroxylation is 1. The zero-order valence-electron chi connectivity index (χ0n) is 13.2. The van der Waals surface area contributed by atoms with Crippen LogP contribution in [0.2, 0.25) is 0 Å². The molecule has 0 amide bonds. The zero-order chi connectivity index (χ0) is 14.5. The van der Waals surface area contributed by atoms with Gasteiger partial charge in [-0.25, -0.2) is 4.98 Å². The van der Waals surface area contributed by atoms with E-state index in [0.717, 1.165) is 25.3 Å². The quantitative estimate of drug-likeness (QED) is 0.835. The summed E-state index contributed by atoms with van der Waals surface area (Å²) in [5.41, 5.74) is 1.05. The van der Waals surface area contributed by atoms with Crippen LogP contribution >= 0.6 is 0 Å². The van der Waals surface area contributed by atoms with Gasteiger partial charge in [-0.05, 0) is 26.2 Å². The van der Waals surface area contributed by atoms with E-state index in [0.29, 0.717) is 6.61 Å². The second kappa shape index (κ2) is 12.2. The second-order valence-corrected chi connectivity index (χ2v) is 3.92. The first-order valence-corrected chi connectivity index (χ1v) is 7.56. The molecule has 1 aromatic rings. The van der Waals surface area contributed by atoms with Crippen molar-refractivity contribution in [3.8, 4) is 0 Å². The van der Waals surface area contributed by atoms with Crippen LogP contribution in [0.1, 0.15) is 52.7 Å². The first kappa shape index (κ1) is 18.1. The fraction of sp³-hybridized carbons (Fsp3) is 0.800. The Morgan fingerprint density at radius 3 is 2.58 bits per heavy atom. The maximum atomic E-state index is 5.63. The Morgan fingerprint density at radius 1 is 1.32 bits per heavy atom. The predicted octanol–water partition coefficient (Wildman–Crippen LogP) is 3.79. The van der Waals surface area contributed by atoms with Crippen molar-refractivity contribution in [2.45, 2.75) is 66.7 Å². The molecule has 0 spiro atoms. The molecule has 1 aliphatic rings. The summed E-state index contributed by atoms with van der Waals surface area (Å²) in [6, 6.07) is 0. The largest absolute Gasteiger partial charge is 0.353 e. The SMILES string of the molecule is CC.CC.Cc1cn(CCOC2CCCCO2)cn1. The van der Waals surface area contributed by atoms with Crippen LogP contribution in [0.25, 0.3) is 0 Å². The average Bonchev–Trinajstić information content (AvgIpc) is 2.90. The molecule has 0 saturated carbocycles. The van der Waals surface area contributed by atoms with Gasteiger partial charge in [0.2, 0.25) is 0 Å². The molecule has 4 heteroatoms. The summed E-state index contributed by atoms with van der Waals surface area (Å²) in [7, 11) is 0. The number of hydrogen-bond acceptors (Lipinski definition) is 3. The van der Waals surface area contributed by atoms with Gasteiger partial charge in [0.05, 0.1) is 18.6 Å². The minimum Gasteiger partial charge on any atom is -0.353 e. The van der Waals surface area contributed by atoms with Gasteiger partial charge in [0.25, 0.3) is 0 Å². The van der Waals surface area contributed by atoms with Crippen LogP contribution in [0.4, 0.5) is 0 Å². The molecule has 2 heterocycles. The highest BCUT2D eigenvalue weighted by molar-refractivity contribution is 4.91. The molecule has 1 aliphatic heterocycles. The molecule has 0 bridgehead atoms. The molecule has 2 rings (SSSR count). The lowest BCUT2D eigenvalue weighted by Gasteiger charge is -2.22. The molecule has 4 nitrogen and oxygen atoms in total. The van der Waals surface area contributed by atoms with Crippen molar-refractivity contribution in [2.75, 3.05) is 13.2 Å². The summed E-state index contributed by atoms with van der Waals surface area (Å²) in [5, 5.41) is 0. The third kappa shape index (κ3) is 8.01. The zero-order valence-corrected chi connectivity index (χ0v) is 13.2. The van der Waals surface area contributed by atoms with Gasteiger partial charge in [-0.3, -0.25) is 0 Å². The summed E-state index contributed by atoms with van der Waals surface area (Å²) < 4.78 is 13.1. The molecule has 0 aromatic carbocycles. The van der Waals surface area contributed by atoms with Crippen molar-refractivity contribution < 1.29 is 9.47 Å². The fourth-order valence-electron chi connectivity index (χ4n) is 1.73. The molecule has 1 unspecified atom stereocenters. The number of rotatable bonds is 4. The molecular weight excluding hydrogens is 240 g/mol. The van der Waals surface area contributed by atoms with Gasteiger partial charge in [0.15, 0.2) is 6.29 Å². The smallest absolute Gasteiger partial charge is 0.157 e. The first-order chi connectivity index (χ1) is 9.34. The lowest BCUT2D eigenvalue weighted by Crippen LogP contribution is -2.23. The van der Waals surface area contributed by atoms with E-state index in [2.05, 4.69) is 4.98 Å². The van der Waals surface area contributed by atoms with Crippen LogP contribution in [0.3, 0.4) is 0 Å². The molecule has 1 atom stereocenters. The normalized spacial score (nSPS) is 17.8. The molecule has 1 saturated heterocycles. The molecule has 1 aromatic heterocycles. The van der Waals surface area contributed by atoms with Gasteiger partial charge in [-0.1, -0.05) is 27.7 Å². The van der Waals surface area contributed by atoms with Gasteiger partial charge in [-0.2, -0.15) is 0 Å². The van der Waals surface area contributed by atoms with Crippen LogP contribution in [0.5, 0.6) is 0 Å². The van der Waals surface area contributed by atoms with E-state index in [1.807, 2.05) is 51.7 Å². The van der Waals surface area contributed by atoms with Crippen molar-refractivity contribution in [2.24, 2.45) is 0 Å². The van der Waals surface area contributed by atoms with Crippen molar-refractivity contribution in [3.05, 3.63) is 18.2 Å². The summed E-state index contributed by atoms with van der Waals surface area (Å²) in [5.74, 6) is 0. The minimum atomic E-state index is 0.0170. The standard InChI is InChI=1S/C11H18N2O2.2C2H6/c1-10-8-13(9-12-10)5-7-15-11-4-2-3-6-14-11;2*1-2/h8-9,11H,2-7H2,1H3;2*1-2H3. The third-order valence-electron chi connectivity index (χ3n) is 2.55. The van der Waals surface area contributed by atoms with Crippen molar-refractivity contribution in [3.63, 3.8) is 0 Å². The van der Waals surface area contributed by atoms with Gasteiger partial charge >= 0.3 is 0 Å². The van der Waals surface area contributed by atoms with E-state index < -0.39 is 0 Å². The van der Waals surface area contributed by atoms with E-state index >= 15 is 0 Å². The highest BCUT2D eigenvalue weighted by Crippen LogP contribution is 2.13. The highest BCUT2D eigenvalue weighted by atomic mass is 16.7. The maximum Gasteiger partial charge on any atom is 0.157 e. The van der Waals surface area contributed by atoms with Crippen LogP contribution < -0.4 is 0 Å². The summed E-state index contributed by atoms with van der Waals surface area (Å²) in [6.07, 6.45) is 7.28. The molecule has 19 heavy (non-hydrogen) atoms. The topological polar surface area (TPSA) is 36.3 Å². The molecule has 112 valence electrons. The number of ether oxygens (including phenoxy) is 2. The Bertz CT molecular complexity index is 294. The Kier molecular flexibility index (Phi) is 11.6. The minimum absolute atomic E-state index is 0.0170. The van der Waals surface area contributed by atoms with Gasteiger partial charge in [0.1, 0.15) is 0 Å². The van der Waals surface area contributed by atoms with E-state index in [-0.39, 0.29) is 6.29 Å². The predicted molar refractivity (Wildman–Crippen MR) is 79.2 cm³/mol. The first-order valence-electron chi connectivity index (χ1n) is 7.56. The number of imidazole rings is 1. The summed E-state index contributed by atoms with van der Waals surface area (Å²) in [6.45, 7) is 12.4. The Hall–Kier alpha value is -0.870. The Morgan fingerprint density at radius 2 is 2.05 bits per heavy atom. The maximum absolute atomic E-state index is 5.63. The van der Waals surface area contributed by atoms with Gasteiger partial charge in [-0.15, -0.1) is 0 Å². The summed E-state index contributed by atoms with van der Waals surface area (Å²) >= 11 is 0. The van der Waals surface area contributed by atoms with E-state index in [4.69, 9.17) is 9.47 Å². The van der Waals surface area contributed by atoms with Gasteiger partial charge < -0.3 is 14.0 Å². The average molecular weight is 270 g/mol. The Balaban J connectivity index is 0.000000741. The van der Waals surface area contributed by atoms with Crippen LogP contribution in [0, 0.1) is 6.92 Å². The van der Waals surface area contributed by atoms with E-state index in [9.17, 15) is 0 Å². The number of nitrogens with zero attached hydrogens (tertiary/aromatic N) is 2. The molecule has 0 N–H and O–H groups in total. The molecule has 1 fully saturated rings. The highest BCUT2D eigenvalue weighted by Gasteiger charge is 2.13. The van der Waals surface area contributed by atoms with Crippen LogP contribution in [-0.2, 0) is 16.0 Å². The van der Waals surface area contributed by atoms with Crippen molar-refractivity contribution in [1.29, 1.82) is 0 Å². The van der Waals surface area contributed by atoms with E-state index in [1.165, 1.54) is 12.8 Å². The van der Waals surface area contributed by atoms with Crippen LogP contribution in [-0.4, -0.2) is 29.1 Å². The van der Waals surface area contributed by atoms with Crippen molar-refractivity contribution >= 4 is 0 Å². The van der Waals surface area contributed by atoms with Gasteiger partial charge in [0, 0.05) is 19.3 Å². The number of aromatic nitrogens is 2. The van der Waals surface area contributed by atoms with Crippen molar-refractivity contribution in [1.82, 2.24) is 9.55 Å². The summed E-state index contributed by atoms with van der Waals surface area (Å²) in [4.78, 5) is 4.16. The fourth-order valence-corrected chi connectivity index (χ4v) is 1.73. The lowest BCUT2D eigenvalue weighted by molar-refractivity contribution is -0.163. The lowest BCUT2D eigenvalue weighted by atomic mass is 10.2. The van der Waals surface area contributed by atoms with Crippen LogP contribution in [0.15, 0.2) is 12.5 Å². The molecule has 0 aliphatic carbocycles. The second-order valence-electron chi connectivity index (χ2n) is 3.92.